The van der Waals surface area contributed by atoms with E-state index in [-0.39, 0.29) is 5.48 Å². The molecule has 0 saturated heterocycles. The van der Waals surface area contributed by atoms with Gasteiger partial charge in [0, 0.05) is 0 Å². The molecule has 0 radical (unpaired) electrons. The first-order valence-electron chi connectivity index (χ1n) is 1.63. The predicted molar refractivity (Wildman–Crippen MR) is 27.9 cm³/mol. The summed E-state index contributed by atoms with van der Waals surface area (Å²) < 4.78 is 3.24. The molecule has 0 saturated carbocycles. The summed E-state index contributed by atoms with van der Waals surface area (Å²) in [6, 6.07) is 0. The average Bonchev–Trinajstić information content (AvgIpc) is 1.31. The molecular formula is C4H4BiO2-. The first-order chi connectivity index (χ1) is 2.93. The average molecular weight is 293 g/mol. The molecule has 0 aromatic carbocycles. The second kappa shape index (κ2) is 3.17. The van der Waals surface area contributed by atoms with Crippen molar-refractivity contribution in [3.8, 4) is 0 Å². The van der Waals surface area contributed by atoms with Gasteiger partial charge in [-0.1, -0.05) is 0 Å². The van der Waals surface area contributed by atoms with Crippen molar-refractivity contribution in [2.75, 3.05) is 0 Å². The third-order valence-electron chi connectivity index (χ3n) is 0.590. The molecule has 0 bridgehead atoms. The molecule has 0 aromatic rings. The molecular weight excluding hydrogens is 289 g/mol. The molecule has 1 rings (SSSR count). The fourth-order valence-electron chi connectivity index (χ4n) is 0.230. The molecule has 0 spiro atoms. The normalized spacial score (nSPS) is 13.4. The van der Waals surface area contributed by atoms with Crippen LogP contribution in [0.15, 0.2) is 9.86 Å². The van der Waals surface area contributed by atoms with Gasteiger partial charge in [0.15, 0.2) is 0 Å². The van der Waals surface area contributed by atoms with E-state index in [0.29, 0.717) is 0 Å². The van der Waals surface area contributed by atoms with Crippen molar-refractivity contribution in [3.05, 3.63) is 9.86 Å². The second-order valence-corrected chi connectivity index (χ2v) is 5.16. The molecule has 3 heteroatoms. The van der Waals surface area contributed by atoms with E-state index in [0.717, 1.165) is 9.49 Å². The van der Waals surface area contributed by atoms with Crippen LogP contribution >= 0.6 is 0 Å². The van der Waals surface area contributed by atoms with E-state index in [1.165, 1.54) is 0 Å². The van der Waals surface area contributed by atoms with Gasteiger partial charge in [-0.05, 0) is 0 Å². The zero-order chi connectivity index (χ0) is 4.41. The summed E-state index contributed by atoms with van der Waals surface area (Å²) in [5.41, 5.74) is 0. The Morgan fingerprint density at radius 1 is 1.71 bits per heavy atom. The van der Waals surface area contributed by atoms with E-state index in [2.05, 4.69) is 3.78 Å². The van der Waals surface area contributed by atoms with Crippen molar-refractivity contribution < 1.29 is 10.3 Å². The first-order valence-corrected chi connectivity index (χ1v) is 5.37. The van der Waals surface area contributed by atoms with Crippen molar-refractivity contribution in [1.82, 2.24) is 0 Å². The maximum Gasteiger partial charge on any atom is -0.870 e. The van der Waals surface area contributed by atoms with Crippen LogP contribution in [0.25, 0.3) is 0 Å². The Kier molecular flexibility index (Phi) is 3.22. The Hall–Kier alpha value is 0.123. The van der Waals surface area contributed by atoms with Crippen LogP contribution < -0.4 is 0 Å². The molecule has 7 heavy (non-hydrogen) atoms. The van der Waals surface area contributed by atoms with Crippen LogP contribution in [0.3, 0.4) is 0 Å². The van der Waals surface area contributed by atoms with E-state index in [1.54, 1.807) is 0 Å². The van der Waals surface area contributed by atoms with Crippen molar-refractivity contribution in [1.29, 1.82) is 0 Å². The topological polar surface area (TPSA) is 47.1 Å². The summed E-state index contributed by atoms with van der Waals surface area (Å²) in [4.78, 5) is 9.74. The van der Waals surface area contributed by atoms with Crippen LogP contribution in [0.5, 0.6) is 0 Å². The monoisotopic (exact) mass is 293 g/mol. The standard InChI is InChI=1S/C4H3O.Bi.H2O/c1-2-3-4-5;;/h1-2,4H;;1H2/p-1. The van der Waals surface area contributed by atoms with Gasteiger partial charge in [-0.15, -0.1) is 0 Å². The van der Waals surface area contributed by atoms with Gasteiger partial charge in [-0.2, -0.15) is 0 Å². The number of rotatable bonds is 1. The van der Waals surface area contributed by atoms with E-state index < -0.39 is 22.8 Å². The molecule has 0 aliphatic carbocycles. The molecule has 0 amide bonds. The Bertz CT molecular complexity index is 122. The number of hydrogen-bond donors (Lipinski definition) is 0. The summed E-state index contributed by atoms with van der Waals surface area (Å²) in [7, 11) is 0. The third kappa shape index (κ3) is 1.58. The minimum atomic E-state index is -0.410. The number of carbonyl (C=O) groups is 1. The van der Waals surface area contributed by atoms with Gasteiger partial charge >= 0.3 is 46.9 Å². The van der Waals surface area contributed by atoms with Gasteiger partial charge in [0.25, 0.3) is 0 Å². The molecule has 1 heterocycles. The molecule has 2 nitrogen and oxygen atoms in total. The molecule has 1 aliphatic rings. The zero-order valence-electron chi connectivity index (χ0n) is 3.53. The van der Waals surface area contributed by atoms with E-state index in [4.69, 9.17) is 0 Å². The predicted octanol–water partition coefficient (Wildman–Crippen LogP) is -0.588. The largest absolute Gasteiger partial charge is 0.870 e. The SMILES string of the molecule is O=C[C]1=[Bi][CH]=C1.[OH-]. The van der Waals surface area contributed by atoms with Gasteiger partial charge in [0.05, 0.1) is 0 Å². The molecule has 38 valence electrons. The molecule has 0 atom stereocenters. The maximum atomic E-state index is 9.74. The Balaban J connectivity index is 0.000000360. The van der Waals surface area contributed by atoms with Gasteiger partial charge in [-0.3, -0.25) is 0 Å². The van der Waals surface area contributed by atoms with Gasteiger partial charge in [0.2, 0.25) is 0 Å². The van der Waals surface area contributed by atoms with Crippen molar-refractivity contribution in [2.24, 2.45) is 0 Å². The van der Waals surface area contributed by atoms with Crippen molar-refractivity contribution >= 4 is 32.2 Å². The summed E-state index contributed by atoms with van der Waals surface area (Å²) in [5.74, 6) is 0. The van der Waals surface area contributed by atoms with Crippen molar-refractivity contribution in [3.63, 3.8) is 0 Å². The smallest absolute Gasteiger partial charge is 0.870 e. The number of allylic oxidation sites excluding steroid dienone is 1. The summed E-state index contributed by atoms with van der Waals surface area (Å²) >= 11 is -0.410. The fourth-order valence-corrected chi connectivity index (χ4v) is 1.72. The fraction of sp³-hybridized carbons (Fsp3) is 0. The Morgan fingerprint density at radius 2 is 2.29 bits per heavy atom. The van der Waals surface area contributed by atoms with Gasteiger partial charge in [0.1, 0.15) is 0 Å². The van der Waals surface area contributed by atoms with Crippen LogP contribution in [0.2, 0.25) is 0 Å². The Morgan fingerprint density at radius 3 is 2.29 bits per heavy atom. The number of carbonyl (C=O) groups excluding carboxylic acids is 1. The molecule has 0 unspecified atom stereocenters. The van der Waals surface area contributed by atoms with Crippen LogP contribution in [0.1, 0.15) is 0 Å². The molecule has 0 fully saturated rings. The maximum absolute atomic E-state index is 9.74. The first kappa shape index (κ1) is 7.12. The molecule has 1 aliphatic heterocycles. The van der Waals surface area contributed by atoms with Crippen LogP contribution in [-0.2, 0) is 4.79 Å². The zero-order valence-corrected chi connectivity index (χ0v) is 7.01. The van der Waals surface area contributed by atoms with Crippen LogP contribution in [0, 0.1) is 0 Å². The minimum Gasteiger partial charge on any atom is -0.870 e. The van der Waals surface area contributed by atoms with Crippen molar-refractivity contribution in [2.45, 2.75) is 0 Å². The van der Waals surface area contributed by atoms with E-state index in [9.17, 15) is 4.79 Å². The summed E-state index contributed by atoms with van der Waals surface area (Å²) in [6.45, 7) is 0. The van der Waals surface area contributed by atoms with Crippen LogP contribution in [-0.4, -0.2) is 37.7 Å². The Labute approximate surface area is 52.6 Å². The quantitative estimate of drug-likeness (QED) is 0.479. The minimum absolute atomic E-state index is 0. The summed E-state index contributed by atoms with van der Waals surface area (Å²) in [5, 5.41) is 0. The van der Waals surface area contributed by atoms with Gasteiger partial charge < -0.3 is 5.48 Å². The third-order valence-corrected chi connectivity index (χ3v) is 3.90. The molecule has 1 N–H and O–H groups in total. The summed E-state index contributed by atoms with van der Waals surface area (Å²) in [6.07, 6.45) is 2.88. The van der Waals surface area contributed by atoms with E-state index in [1.807, 2.05) is 6.08 Å². The second-order valence-electron chi connectivity index (χ2n) is 0.988. The van der Waals surface area contributed by atoms with Gasteiger partial charge in [-0.25, -0.2) is 0 Å². The number of hydrogen-bond acceptors (Lipinski definition) is 2. The van der Waals surface area contributed by atoms with E-state index >= 15 is 0 Å². The molecule has 0 aromatic heterocycles. The number of aldehydes is 1. The van der Waals surface area contributed by atoms with Crippen LogP contribution in [0.4, 0.5) is 0 Å².